The van der Waals surface area contributed by atoms with Gasteiger partial charge >= 0.3 is 0 Å². The molecule has 0 aliphatic heterocycles. The van der Waals surface area contributed by atoms with E-state index in [4.69, 9.17) is 9.47 Å². The van der Waals surface area contributed by atoms with Crippen molar-refractivity contribution in [3.05, 3.63) is 53.1 Å². The van der Waals surface area contributed by atoms with Crippen molar-refractivity contribution < 1.29 is 14.3 Å². The van der Waals surface area contributed by atoms with Crippen LogP contribution in [0.5, 0.6) is 11.5 Å². The van der Waals surface area contributed by atoms with E-state index in [9.17, 15) is 15.3 Å². The minimum Gasteiger partial charge on any atom is -0.493 e. The lowest BCUT2D eigenvalue weighted by Crippen LogP contribution is -2.16. The number of nitriles is 2. The smallest absolute Gasteiger partial charge is 0.255 e. The molecule has 0 fully saturated rings. The number of rotatable bonds is 5. The predicted molar refractivity (Wildman–Crippen MR) is 97.3 cm³/mol. The Morgan fingerprint density at radius 2 is 1.73 bits per heavy atom. The van der Waals surface area contributed by atoms with Crippen LogP contribution in [0.25, 0.3) is 0 Å². The molecule has 1 amide bonds. The van der Waals surface area contributed by atoms with Crippen LogP contribution in [0, 0.1) is 22.7 Å². The Labute approximate surface area is 152 Å². The average molecular weight is 349 g/mol. The highest BCUT2D eigenvalue weighted by molar-refractivity contribution is 6.05. The zero-order chi connectivity index (χ0) is 19.3. The Hall–Kier alpha value is -3.51. The first-order valence-electron chi connectivity index (χ1n) is 7.85. The summed E-state index contributed by atoms with van der Waals surface area (Å²) >= 11 is 0. The van der Waals surface area contributed by atoms with Gasteiger partial charge in [0.1, 0.15) is 6.07 Å². The third-order valence-electron chi connectivity index (χ3n) is 4.04. The maximum absolute atomic E-state index is 12.5. The quantitative estimate of drug-likeness (QED) is 0.889. The second kappa shape index (κ2) is 7.58. The van der Waals surface area contributed by atoms with Crippen LogP contribution in [0.15, 0.2) is 36.4 Å². The molecule has 0 aliphatic carbocycles. The number of hydrogen-bond donors (Lipinski definition) is 1. The summed E-state index contributed by atoms with van der Waals surface area (Å²) in [7, 11) is 3.00. The van der Waals surface area contributed by atoms with E-state index in [-0.39, 0.29) is 5.91 Å². The van der Waals surface area contributed by atoms with Crippen molar-refractivity contribution in [2.75, 3.05) is 19.5 Å². The normalized spacial score (nSPS) is 10.4. The maximum atomic E-state index is 12.5. The summed E-state index contributed by atoms with van der Waals surface area (Å²) in [4.78, 5) is 12.5. The number of carbonyl (C=O) groups excluding carboxylic acids is 1. The summed E-state index contributed by atoms with van der Waals surface area (Å²) in [5, 5.41) is 21.4. The minimum absolute atomic E-state index is 0.291. The van der Waals surface area contributed by atoms with Gasteiger partial charge in [0.05, 0.1) is 37.0 Å². The highest BCUT2D eigenvalue weighted by atomic mass is 16.5. The maximum Gasteiger partial charge on any atom is 0.255 e. The molecule has 1 N–H and O–H groups in total. The molecule has 0 heterocycles. The number of benzene rings is 2. The highest BCUT2D eigenvalue weighted by Crippen LogP contribution is 2.29. The highest BCUT2D eigenvalue weighted by Gasteiger charge is 2.21. The molecule has 26 heavy (non-hydrogen) atoms. The van der Waals surface area contributed by atoms with Crippen LogP contribution >= 0.6 is 0 Å². The molecule has 2 aromatic carbocycles. The number of hydrogen-bond acceptors (Lipinski definition) is 5. The zero-order valence-corrected chi connectivity index (χ0v) is 15.1. The second-order valence-electron chi connectivity index (χ2n) is 6.13. The molecule has 0 spiro atoms. The Kier molecular flexibility index (Phi) is 5.49. The molecule has 0 radical (unpaired) electrons. The molecule has 0 bridgehead atoms. The van der Waals surface area contributed by atoms with Crippen molar-refractivity contribution in [1.29, 1.82) is 10.5 Å². The molecule has 132 valence electrons. The lowest BCUT2D eigenvalue weighted by molar-refractivity contribution is 0.102. The Bertz CT molecular complexity index is 921. The van der Waals surface area contributed by atoms with Gasteiger partial charge in [-0.3, -0.25) is 4.79 Å². The van der Waals surface area contributed by atoms with Gasteiger partial charge in [-0.25, -0.2) is 0 Å². The number of nitrogens with zero attached hydrogens (tertiary/aromatic N) is 2. The first-order valence-corrected chi connectivity index (χ1v) is 7.85. The standard InChI is InChI=1S/C20H19N3O3/c1-20(2,12-22)15-6-7-16(14(9-15)11-21)23-19(24)13-5-8-17(25-3)18(10-13)26-4/h5-10H,1-4H3,(H,23,24). The van der Waals surface area contributed by atoms with Crippen LogP contribution in [0.1, 0.15) is 35.3 Å². The Morgan fingerprint density at radius 1 is 1.04 bits per heavy atom. The first kappa shape index (κ1) is 18.8. The van der Waals surface area contributed by atoms with Crippen LogP contribution < -0.4 is 14.8 Å². The van der Waals surface area contributed by atoms with E-state index in [0.717, 1.165) is 0 Å². The predicted octanol–water partition coefficient (Wildman–Crippen LogP) is 3.63. The molecule has 2 aromatic rings. The van der Waals surface area contributed by atoms with Crippen molar-refractivity contribution in [2.24, 2.45) is 0 Å². The van der Waals surface area contributed by atoms with Crippen molar-refractivity contribution in [1.82, 2.24) is 0 Å². The van der Waals surface area contributed by atoms with E-state index in [1.54, 1.807) is 50.2 Å². The molecular weight excluding hydrogens is 330 g/mol. The SMILES string of the molecule is COc1ccc(C(=O)Nc2ccc(C(C)(C)C#N)cc2C#N)cc1OC. The number of ether oxygens (including phenoxy) is 2. The van der Waals surface area contributed by atoms with Crippen LogP contribution in [0.3, 0.4) is 0 Å². The van der Waals surface area contributed by atoms with E-state index >= 15 is 0 Å². The van der Waals surface area contributed by atoms with E-state index < -0.39 is 5.41 Å². The lowest BCUT2D eigenvalue weighted by atomic mass is 9.85. The van der Waals surface area contributed by atoms with Gasteiger partial charge in [-0.15, -0.1) is 0 Å². The summed E-state index contributed by atoms with van der Waals surface area (Å²) in [6.45, 7) is 3.54. The molecule has 2 rings (SSSR count). The fraction of sp³-hybridized carbons (Fsp3) is 0.250. The van der Waals surface area contributed by atoms with Crippen molar-refractivity contribution in [3.8, 4) is 23.6 Å². The topological polar surface area (TPSA) is 95.1 Å². The Balaban J connectivity index is 2.33. The van der Waals surface area contributed by atoms with Gasteiger partial charge in [0.2, 0.25) is 0 Å². The molecule has 0 aromatic heterocycles. The summed E-state index contributed by atoms with van der Waals surface area (Å²) < 4.78 is 10.4. The van der Waals surface area contributed by atoms with Gasteiger partial charge < -0.3 is 14.8 Å². The molecule has 0 unspecified atom stereocenters. The zero-order valence-electron chi connectivity index (χ0n) is 15.1. The number of carbonyl (C=O) groups is 1. The fourth-order valence-corrected chi connectivity index (χ4v) is 2.37. The van der Waals surface area contributed by atoms with E-state index in [0.29, 0.717) is 33.9 Å². The van der Waals surface area contributed by atoms with E-state index in [1.807, 2.05) is 0 Å². The van der Waals surface area contributed by atoms with Gasteiger partial charge in [-0.05, 0) is 49.7 Å². The second-order valence-corrected chi connectivity index (χ2v) is 6.13. The van der Waals surface area contributed by atoms with Crippen LogP contribution in [-0.2, 0) is 5.41 Å². The van der Waals surface area contributed by atoms with Crippen molar-refractivity contribution in [2.45, 2.75) is 19.3 Å². The number of methoxy groups -OCH3 is 2. The largest absolute Gasteiger partial charge is 0.493 e. The molecule has 0 saturated carbocycles. The van der Waals surface area contributed by atoms with E-state index in [1.165, 1.54) is 14.2 Å². The number of anilines is 1. The number of nitrogens with one attached hydrogen (secondary N) is 1. The molecule has 6 nitrogen and oxygen atoms in total. The molecule has 0 atom stereocenters. The van der Waals surface area contributed by atoms with Crippen LogP contribution in [0.2, 0.25) is 0 Å². The molecule has 6 heteroatoms. The molecular formula is C20H19N3O3. The van der Waals surface area contributed by atoms with Crippen LogP contribution in [0.4, 0.5) is 5.69 Å². The van der Waals surface area contributed by atoms with Gasteiger partial charge in [0.25, 0.3) is 5.91 Å². The van der Waals surface area contributed by atoms with E-state index in [2.05, 4.69) is 17.5 Å². The van der Waals surface area contributed by atoms with Gasteiger partial charge in [-0.1, -0.05) is 6.07 Å². The van der Waals surface area contributed by atoms with Crippen molar-refractivity contribution in [3.63, 3.8) is 0 Å². The average Bonchev–Trinajstić information content (AvgIpc) is 2.67. The fourth-order valence-electron chi connectivity index (χ4n) is 2.37. The van der Waals surface area contributed by atoms with Gasteiger partial charge in [0.15, 0.2) is 11.5 Å². The third kappa shape index (κ3) is 3.76. The minimum atomic E-state index is -0.725. The number of amides is 1. The van der Waals surface area contributed by atoms with Crippen molar-refractivity contribution >= 4 is 11.6 Å². The molecule has 0 saturated heterocycles. The summed E-state index contributed by atoms with van der Waals surface area (Å²) in [6, 6.07) is 14.0. The van der Waals surface area contributed by atoms with Gasteiger partial charge in [0, 0.05) is 5.56 Å². The molecule has 0 aliphatic rings. The summed E-state index contributed by atoms with van der Waals surface area (Å²) in [6.07, 6.45) is 0. The monoisotopic (exact) mass is 349 g/mol. The van der Waals surface area contributed by atoms with Crippen LogP contribution in [-0.4, -0.2) is 20.1 Å². The Morgan fingerprint density at radius 3 is 2.31 bits per heavy atom. The summed E-state index contributed by atoms with van der Waals surface area (Å²) in [5.74, 6) is 0.575. The summed E-state index contributed by atoms with van der Waals surface area (Å²) in [5.41, 5.74) is 1.02. The lowest BCUT2D eigenvalue weighted by Gasteiger charge is -2.17. The first-order chi connectivity index (χ1) is 12.4. The van der Waals surface area contributed by atoms with Gasteiger partial charge in [-0.2, -0.15) is 10.5 Å². The third-order valence-corrected chi connectivity index (χ3v) is 4.04.